The Morgan fingerprint density at radius 2 is 1.71 bits per heavy atom. The molecule has 2 atom stereocenters. The standard InChI is InChI=1S/C22H25N3O5S/c1-15-6-5-7-16(2)25(15)31(28,29)18-12-10-17(11-13-18)23-21(26)14-24-19-8-3-4-9-20(19)30-22(24)27/h3-4,8-13,15-16H,5-7,14H2,1-2H3,(H,23,26)/t15-,16-/m1/s1. The first kappa shape index (κ1) is 21.3. The topological polar surface area (TPSA) is 102 Å². The zero-order valence-electron chi connectivity index (χ0n) is 17.4. The molecular formula is C22H25N3O5S. The quantitative estimate of drug-likeness (QED) is 0.653. The lowest BCUT2D eigenvalue weighted by atomic mass is 10.0. The molecule has 31 heavy (non-hydrogen) atoms. The number of aromatic nitrogens is 1. The first-order valence-corrected chi connectivity index (χ1v) is 11.7. The maximum Gasteiger partial charge on any atom is 0.420 e. The summed E-state index contributed by atoms with van der Waals surface area (Å²) in [7, 11) is -3.61. The molecule has 0 unspecified atom stereocenters. The number of piperidine rings is 1. The van der Waals surface area contributed by atoms with E-state index in [4.69, 9.17) is 4.42 Å². The summed E-state index contributed by atoms with van der Waals surface area (Å²) in [6.07, 6.45) is 2.72. The van der Waals surface area contributed by atoms with Crippen LogP contribution in [0.1, 0.15) is 33.1 Å². The summed E-state index contributed by atoms with van der Waals surface area (Å²) in [5.41, 5.74) is 1.40. The first-order valence-electron chi connectivity index (χ1n) is 10.3. The Morgan fingerprint density at radius 3 is 2.39 bits per heavy atom. The Hall–Kier alpha value is -2.91. The molecule has 4 rings (SSSR count). The van der Waals surface area contributed by atoms with Crippen molar-refractivity contribution in [1.82, 2.24) is 8.87 Å². The maximum absolute atomic E-state index is 13.1. The van der Waals surface area contributed by atoms with Crippen molar-refractivity contribution in [3.05, 3.63) is 59.1 Å². The summed E-state index contributed by atoms with van der Waals surface area (Å²) in [5, 5.41) is 2.70. The van der Waals surface area contributed by atoms with Crippen LogP contribution in [0.5, 0.6) is 0 Å². The van der Waals surface area contributed by atoms with Crippen LogP contribution in [0.25, 0.3) is 11.1 Å². The molecule has 0 aliphatic carbocycles. The average molecular weight is 444 g/mol. The molecule has 2 heterocycles. The molecule has 1 amide bonds. The smallest absolute Gasteiger partial charge is 0.408 e. The number of oxazole rings is 1. The van der Waals surface area contributed by atoms with Crippen LogP contribution in [-0.4, -0.2) is 35.3 Å². The monoisotopic (exact) mass is 443 g/mol. The number of rotatable bonds is 5. The highest BCUT2D eigenvalue weighted by molar-refractivity contribution is 7.89. The highest BCUT2D eigenvalue weighted by atomic mass is 32.2. The summed E-state index contributed by atoms with van der Waals surface area (Å²) in [6, 6.07) is 12.9. The van der Waals surface area contributed by atoms with Crippen molar-refractivity contribution < 1.29 is 17.6 Å². The number of carbonyl (C=O) groups is 1. The van der Waals surface area contributed by atoms with E-state index in [1.807, 2.05) is 13.8 Å². The molecule has 2 aromatic carbocycles. The van der Waals surface area contributed by atoms with Gasteiger partial charge in [0.25, 0.3) is 0 Å². The number of sulfonamides is 1. The van der Waals surface area contributed by atoms with Gasteiger partial charge in [-0.2, -0.15) is 4.31 Å². The Morgan fingerprint density at radius 1 is 1.06 bits per heavy atom. The lowest BCUT2D eigenvalue weighted by Crippen LogP contribution is -2.47. The molecule has 1 aliphatic rings. The van der Waals surface area contributed by atoms with E-state index >= 15 is 0 Å². The third-order valence-corrected chi connectivity index (χ3v) is 7.84. The number of hydrogen-bond donors (Lipinski definition) is 1. The molecule has 0 spiro atoms. The molecule has 1 aliphatic heterocycles. The lowest BCUT2D eigenvalue weighted by Gasteiger charge is -2.37. The minimum atomic E-state index is -3.61. The molecule has 1 fully saturated rings. The Bertz CT molecular complexity index is 1250. The van der Waals surface area contributed by atoms with Gasteiger partial charge in [-0.1, -0.05) is 18.6 Å². The van der Waals surface area contributed by atoms with Crippen molar-refractivity contribution in [1.29, 1.82) is 0 Å². The van der Waals surface area contributed by atoms with Gasteiger partial charge < -0.3 is 9.73 Å². The van der Waals surface area contributed by atoms with E-state index in [0.717, 1.165) is 19.3 Å². The van der Waals surface area contributed by atoms with Crippen LogP contribution in [0.4, 0.5) is 5.69 Å². The molecule has 1 saturated heterocycles. The van der Waals surface area contributed by atoms with Crippen LogP contribution >= 0.6 is 0 Å². The van der Waals surface area contributed by atoms with Crippen molar-refractivity contribution in [3.63, 3.8) is 0 Å². The summed E-state index contributed by atoms with van der Waals surface area (Å²) in [5.74, 6) is -1.02. The van der Waals surface area contributed by atoms with E-state index in [2.05, 4.69) is 5.32 Å². The number of hydrogen-bond acceptors (Lipinski definition) is 5. The normalized spacial score (nSPS) is 20.1. The molecular weight excluding hydrogens is 418 g/mol. The van der Waals surface area contributed by atoms with Crippen LogP contribution < -0.4 is 11.1 Å². The summed E-state index contributed by atoms with van der Waals surface area (Å²) in [6.45, 7) is 3.66. The van der Waals surface area contributed by atoms with Crippen LogP contribution in [0.15, 0.2) is 62.6 Å². The number of fused-ring (bicyclic) bond motifs is 1. The molecule has 8 nitrogen and oxygen atoms in total. The Labute approximate surface area is 180 Å². The van der Waals surface area contributed by atoms with Crippen LogP contribution in [0.3, 0.4) is 0 Å². The number of nitrogens with one attached hydrogen (secondary N) is 1. The van der Waals surface area contributed by atoms with Gasteiger partial charge in [0.2, 0.25) is 15.9 Å². The van der Waals surface area contributed by atoms with Gasteiger partial charge >= 0.3 is 5.76 Å². The lowest BCUT2D eigenvalue weighted by molar-refractivity contribution is -0.116. The SMILES string of the molecule is C[C@@H]1CCC[C@@H](C)N1S(=O)(=O)c1ccc(NC(=O)Cn2c(=O)oc3ccccc32)cc1. The van der Waals surface area contributed by atoms with Gasteiger partial charge in [0.05, 0.1) is 10.4 Å². The zero-order chi connectivity index (χ0) is 22.2. The number of benzene rings is 2. The number of amides is 1. The van der Waals surface area contributed by atoms with Gasteiger partial charge in [-0.25, -0.2) is 13.2 Å². The third kappa shape index (κ3) is 4.15. The highest BCUT2D eigenvalue weighted by Gasteiger charge is 2.35. The average Bonchev–Trinajstić information content (AvgIpc) is 3.03. The third-order valence-electron chi connectivity index (χ3n) is 5.70. The Balaban J connectivity index is 1.49. The number of anilines is 1. The second-order valence-electron chi connectivity index (χ2n) is 7.96. The fourth-order valence-electron chi connectivity index (χ4n) is 4.21. The largest absolute Gasteiger partial charge is 0.420 e. The minimum Gasteiger partial charge on any atom is -0.408 e. The molecule has 0 radical (unpaired) electrons. The molecule has 1 aromatic heterocycles. The van der Waals surface area contributed by atoms with Crippen molar-refractivity contribution in [2.45, 2.75) is 56.6 Å². The van der Waals surface area contributed by atoms with E-state index in [1.165, 1.54) is 16.7 Å². The molecule has 3 aromatic rings. The summed E-state index contributed by atoms with van der Waals surface area (Å²) < 4.78 is 34.2. The zero-order valence-corrected chi connectivity index (χ0v) is 18.3. The van der Waals surface area contributed by atoms with Crippen LogP contribution in [0, 0.1) is 0 Å². The van der Waals surface area contributed by atoms with Gasteiger partial charge in [-0.15, -0.1) is 0 Å². The molecule has 0 saturated carbocycles. The van der Waals surface area contributed by atoms with E-state index in [9.17, 15) is 18.0 Å². The van der Waals surface area contributed by atoms with Gasteiger partial charge in [-0.05, 0) is 63.1 Å². The van der Waals surface area contributed by atoms with E-state index in [1.54, 1.807) is 40.7 Å². The van der Waals surface area contributed by atoms with Crippen molar-refractivity contribution in [3.8, 4) is 0 Å². The van der Waals surface area contributed by atoms with Gasteiger partial charge in [-0.3, -0.25) is 9.36 Å². The van der Waals surface area contributed by atoms with Crippen molar-refractivity contribution in [2.24, 2.45) is 0 Å². The Kier molecular flexibility index (Phi) is 5.72. The predicted octanol–water partition coefficient (Wildman–Crippen LogP) is 3.18. The highest BCUT2D eigenvalue weighted by Crippen LogP contribution is 2.30. The van der Waals surface area contributed by atoms with Crippen LogP contribution in [-0.2, 0) is 21.4 Å². The summed E-state index contributed by atoms with van der Waals surface area (Å²) in [4.78, 5) is 24.7. The number of carbonyl (C=O) groups excluding carboxylic acids is 1. The van der Waals surface area contributed by atoms with Crippen molar-refractivity contribution >= 4 is 32.7 Å². The van der Waals surface area contributed by atoms with E-state index < -0.39 is 21.7 Å². The van der Waals surface area contributed by atoms with E-state index in [0.29, 0.717) is 16.8 Å². The fraction of sp³-hybridized carbons (Fsp3) is 0.364. The van der Waals surface area contributed by atoms with Crippen LogP contribution in [0.2, 0.25) is 0 Å². The second kappa shape index (κ2) is 8.32. The fourth-order valence-corrected chi connectivity index (χ4v) is 6.09. The molecule has 164 valence electrons. The predicted molar refractivity (Wildman–Crippen MR) is 117 cm³/mol. The maximum atomic E-state index is 13.1. The second-order valence-corrected chi connectivity index (χ2v) is 9.80. The van der Waals surface area contributed by atoms with E-state index in [-0.39, 0.29) is 23.5 Å². The number of nitrogens with zero attached hydrogens (tertiary/aromatic N) is 2. The van der Waals surface area contributed by atoms with Gasteiger partial charge in [0.15, 0.2) is 5.58 Å². The van der Waals surface area contributed by atoms with Gasteiger partial charge in [0.1, 0.15) is 6.54 Å². The van der Waals surface area contributed by atoms with Gasteiger partial charge in [0, 0.05) is 17.8 Å². The number of para-hydroxylation sites is 2. The molecule has 0 bridgehead atoms. The first-order chi connectivity index (χ1) is 14.8. The molecule has 1 N–H and O–H groups in total. The summed E-state index contributed by atoms with van der Waals surface area (Å²) >= 11 is 0. The minimum absolute atomic E-state index is 0.0452. The molecule has 9 heteroatoms. The van der Waals surface area contributed by atoms with Crippen molar-refractivity contribution in [2.75, 3.05) is 5.32 Å².